The highest BCUT2D eigenvalue weighted by atomic mass is 16.5. The van der Waals surface area contributed by atoms with E-state index in [9.17, 15) is 9.59 Å². The van der Waals surface area contributed by atoms with Crippen molar-refractivity contribution >= 4 is 11.9 Å². The maximum atomic E-state index is 12.0. The summed E-state index contributed by atoms with van der Waals surface area (Å²) in [7, 11) is 0. The van der Waals surface area contributed by atoms with Gasteiger partial charge in [-0.25, -0.2) is 0 Å². The molecular weight excluding hydrogens is 282 g/mol. The minimum atomic E-state index is -0.927. The molecule has 0 fully saturated rings. The van der Waals surface area contributed by atoms with Gasteiger partial charge in [0.05, 0.1) is 12.5 Å². The summed E-state index contributed by atoms with van der Waals surface area (Å²) in [6.45, 7) is 6.06. The number of carboxylic acid groups (broad SMARTS) is 1. The predicted molar refractivity (Wildman–Crippen MR) is 85.2 cm³/mol. The SMILES string of the molecule is CCCCCOc1ccc(C(=O)NC(C)C(C)C(=O)O)cc1. The zero-order chi connectivity index (χ0) is 16.5. The van der Waals surface area contributed by atoms with E-state index in [2.05, 4.69) is 12.2 Å². The molecule has 0 radical (unpaired) electrons. The molecule has 2 N–H and O–H groups in total. The molecule has 1 aromatic carbocycles. The Balaban J connectivity index is 2.51. The number of hydrogen-bond acceptors (Lipinski definition) is 3. The topological polar surface area (TPSA) is 75.6 Å². The van der Waals surface area contributed by atoms with Crippen molar-refractivity contribution in [2.75, 3.05) is 6.61 Å². The van der Waals surface area contributed by atoms with Crippen molar-refractivity contribution in [3.8, 4) is 5.75 Å². The molecule has 0 aliphatic heterocycles. The summed E-state index contributed by atoms with van der Waals surface area (Å²) in [5, 5.41) is 11.6. The summed E-state index contributed by atoms with van der Waals surface area (Å²) >= 11 is 0. The van der Waals surface area contributed by atoms with Gasteiger partial charge in [-0.1, -0.05) is 19.8 Å². The summed E-state index contributed by atoms with van der Waals surface area (Å²) in [5.74, 6) is -1.11. The molecule has 2 atom stereocenters. The molecule has 0 aromatic heterocycles. The lowest BCUT2D eigenvalue weighted by molar-refractivity contribution is -0.141. The lowest BCUT2D eigenvalue weighted by Crippen LogP contribution is -2.40. The molecular formula is C17H25NO4. The quantitative estimate of drug-likeness (QED) is 0.687. The normalized spacial score (nSPS) is 13.2. The molecule has 5 heteroatoms. The minimum Gasteiger partial charge on any atom is -0.494 e. The molecule has 5 nitrogen and oxygen atoms in total. The van der Waals surface area contributed by atoms with E-state index in [0.717, 1.165) is 25.0 Å². The maximum absolute atomic E-state index is 12.0. The first-order valence-electron chi connectivity index (χ1n) is 7.72. The molecule has 0 spiro atoms. The Morgan fingerprint density at radius 1 is 1.18 bits per heavy atom. The smallest absolute Gasteiger partial charge is 0.308 e. The average molecular weight is 307 g/mol. The predicted octanol–water partition coefficient (Wildman–Crippen LogP) is 3.09. The first-order chi connectivity index (χ1) is 10.5. The maximum Gasteiger partial charge on any atom is 0.308 e. The Morgan fingerprint density at radius 3 is 2.36 bits per heavy atom. The van der Waals surface area contributed by atoms with Crippen molar-refractivity contribution in [1.29, 1.82) is 0 Å². The van der Waals surface area contributed by atoms with Crippen LogP contribution >= 0.6 is 0 Å². The molecule has 0 saturated heterocycles. The van der Waals surface area contributed by atoms with E-state index >= 15 is 0 Å². The molecule has 2 unspecified atom stereocenters. The van der Waals surface area contributed by atoms with Crippen LogP contribution in [0, 0.1) is 5.92 Å². The van der Waals surface area contributed by atoms with Crippen LogP contribution in [0.25, 0.3) is 0 Å². The van der Waals surface area contributed by atoms with Gasteiger partial charge in [0.2, 0.25) is 0 Å². The average Bonchev–Trinajstić information content (AvgIpc) is 2.51. The van der Waals surface area contributed by atoms with Gasteiger partial charge in [-0.2, -0.15) is 0 Å². The van der Waals surface area contributed by atoms with Gasteiger partial charge in [-0.15, -0.1) is 0 Å². The van der Waals surface area contributed by atoms with Gasteiger partial charge < -0.3 is 15.2 Å². The number of hydrogen-bond donors (Lipinski definition) is 2. The highest BCUT2D eigenvalue weighted by Gasteiger charge is 2.21. The zero-order valence-corrected chi connectivity index (χ0v) is 13.5. The highest BCUT2D eigenvalue weighted by molar-refractivity contribution is 5.94. The van der Waals surface area contributed by atoms with Crippen molar-refractivity contribution in [3.05, 3.63) is 29.8 Å². The molecule has 1 amide bonds. The number of carbonyl (C=O) groups excluding carboxylic acids is 1. The van der Waals surface area contributed by atoms with Gasteiger partial charge >= 0.3 is 5.97 Å². The Hall–Kier alpha value is -2.04. The number of ether oxygens (including phenoxy) is 1. The Morgan fingerprint density at radius 2 is 1.82 bits per heavy atom. The second kappa shape index (κ2) is 9.07. The van der Waals surface area contributed by atoms with E-state index in [1.807, 2.05) is 0 Å². The Kier molecular flexibility index (Phi) is 7.43. The monoisotopic (exact) mass is 307 g/mol. The molecule has 122 valence electrons. The van der Waals surface area contributed by atoms with Gasteiger partial charge in [-0.05, 0) is 44.5 Å². The summed E-state index contributed by atoms with van der Waals surface area (Å²) in [6.07, 6.45) is 3.30. The van der Waals surface area contributed by atoms with E-state index in [1.165, 1.54) is 0 Å². The number of benzene rings is 1. The largest absolute Gasteiger partial charge is 0.494 e. The van der Waals surface area contributed by atoms with Gasteiger partial charge in [-0.3, -0.25) is 9.59 Å². The number of rotatable bonds is 9. The lowest BCUT2D eigenvalue weighted by atomic mass is 10.0. The number of carboxylic acids is 1. The van der Waals surface area contributed by atoms with Crippen LogP contribution < -0.4 is 10.1 Å². The van der Waals surface area contributed by atoms with Crippen LogP contribution in [-0.2, 0) is 4.79 Å². The van der Waals surface area contributed by atoms with Gasteiger partial charge in [0, 0.05) is 11.6 Å². The summed E-state index contributed by atoms with van der Waals surface area (Å²) in [6, 6.07) is 6.44. The van der Waals surface area contributed by atoms with Crippen LogP contribution in [0.3, 0.4) is 0 Å². The third kappa shape index (κ3) is 5.76. The molecule has 0 aliphatic rings. The van der Waals surface area contributed by atoms with Crippen molar-refractivity contribution < 1.29 is 19.4 Å². The minimum absolute atomic E-state index is 0.280. The number of aliphatic carboxylic acids is 1. The van der Waals surface area contributed by atoms with E-state index in [1.54, 1.807) is 38.1 Å². The van der Waals surface area contributed by atoms with Crippen molar-refractivity contribution in [2.24, 2.45) is 5.92 Å². The fraction of sp³-hybridized carbons (Fsp3) is 0.529. The zero-order valence-electron chi connectivity index (χ0n) is 13.5. The molecule has 22 heavy (non-hydrogen) atoms. The van der Waals surface area contributed by atoms with Crippen molar-refractivity contribution in [3.63, 3.8) is 0 Å². The van der Waals surface area contributed by atoms with Crippen LogP contribution in [0.1, 0.15) is 50.4 Å². The summed E-state index contributed by atoms with van der Waals surface area (Å²) < 4.78 is 5.58. The first kappa shape index (κ1) is 18.0. The van der Waals surface area contributed by atoms with Crippen LogP contribution in [0.2, 0.25) is 0 Å². The van der Waals surface area contributed by atoms with E-state index in [-0.39, 0.29) is 5.91 Å². The first-order valence-corrected chi connectivity index (χ1v) is 7.72. The Bertz CT molecular complexity index is 484. The van der Waals surface area contributed by atoms with Crippen LogP contribution in [0.5, 0.6) is 5.75 Å². The molecule has 0 heterocycles. The fourth-order valence-electron chi connectivity index (χ4n) is 1.87. The van der Waals surface area contributed by atoms with E-state index < -0.39 is 17.9 Å². The number of amides is 1. The lowest BCUT2D eigenvalue weighted by Gasteiger charge is -2.17. The summed E-state index contributed by atoms with van der Waals surface area (Å²) in [5.41, 5.74) is 0.491. The fourth-order valence-corrected chi connectivity index (χ4v) is 1.87. The number of unbranched alkanes of at least 4 members (excludes halogenated alkanes) is 2. The van der Waals surface area contributed by atoms with Crippen molar-refractivity contribution in [1.82, 2.24) is 5.32 Å². The molecule has 0 saturated carbocycles. The second-order valence-corrected chi connectivity index (χ2v) is 5.47. The van der Waals surface area contributed by atoms with Gasteiger partial charge in [0.25, 0.3) is 5.91 Å². The van der Waals surface area contributed by atoms with Gasteiger partial charge in [0.15, 0.2) is 0 Å². The van der Waals surface area contributed by atoms with Gasteiger partial charge in [0.1, 0.15) is 5.75 Å². The third-order valence-corrected chi connectivity index (χ3v) is 3.63. The second-order valence-electron chi connectivity index (χ2n) is 5.47. The Labute approximate surface area is 131 Å². The van der Waals surface area contributed by atoms with Crippen LogP contribution in [-0.4, -0.2) is 29.6 Å². The number of nitrogens with one attached hydrogen (secondary N) is 1. The molecule has 0 aliphatic carbocycles. The van der Waals surface area contributed by atoms with Crippen LogP contribution in [0.15, 0.2) is 24.3 Å². The van der Waals surface area contributed by atoms with E-state index in [0.29, 0.717) is 12.2 Å². The molecule has 0 bridgehead atoms. The standard InChI is InChI=1S/C17H25NO4/c1-4-5-6-11-22-15-9-7-14(8-10-15)16(19)18-13(3)12(2)17(20)21/h7-10,12-13H,4-6,11H2,1-3H3,(H,18,19)(H,20,21). The third-order valence-electron chi connectivity index (χ3n) is 3.63. The van der Waals surface area contributed by atoms with E-state index in [4.69, 9.17) is 9.84 Å². The summed E-state index contributed by atoms with van der Waals surface area (Å²) in [4.78, 5) is 22.9. The number of carbonyl (C=O) groups is 2. The van der Waals surface area contributed by atoms with Crippen LogP contribution in [0.4, 0.5) is 0 Å². The molecule has 1 rings (SSSR count). The molecule has 1 aromatic rings. The highest BCUT2D eigenvalue weighted by Crippen LogP contribution is 2.13. The van der Waals surface area contributed by atoms with Crippen molar-refractivity contribution in [2.45, 2.75) is 46.1 Å².